The maximum absolute atomic E-state index is 13.0. The first-order chi connectivity index (χ1) is 9.86. The van der Waals surface area contributed by atoms with Gasteiger partial charge in [-0.3, -0.25) is 4.90 Å². The number of alkyl halides is 3. The fraction of sp³-hybridized carbons (Fsp3) is 0.600. The molecule has 1 aromatic rings. The average molecular weight is 303 g/mol. The summed E-state index contributed by atoms with van der Waals surface area (Å²) in [7, 11) is 0. The maximum Gasteiger partial charge on any atom is 0.416 e. The molecule has 0 radical (unpaired) electrons. The lowest BCUT2D eigenvalue weighted by atomic mass is 10.1. The summed E-state index contributed by atoms with van der Waals surface area (Å²) in [6, 6.07) is 2.43. The summed E-state index contributed by atoms with van der Waals surface area (Å²) in [6.07, 6.45) is -3.48. The van der Waals surface area contributed by atoms with E-state index in [2.05, 4.69) is 0 Å². The lowest BCUT2D eigenvalue weighted by Gasteiger charge is -2.34. The molecule has 0 amide bonds. The third-order valence-corrected chi connectivity index (χ3v) is 3.72. The zero-order valence-corrected chi connectivity index (χ0v) is 12.5. The molecular formula is C15H20F3NO2. The van der Waals surface area contributed by atoms with E-state index in [0.717, 1.165) is 18.6 Å². The number of halogens is 3. The molecule has 1 unspecified atom stereocenters. The van der Waals surface area contributed by atoms with Crippen LogP contribution in [0.3, 0.4) is 0 Å². The molecule has 21 heavy (non-hydrogen) atoms. The van der Waals surface area contributed by atoms with Gasteiger partial charge in [0, 0.05) is 18.2 Å². The van der Waals surface area contributed by atoms with Crippen LogP contribution in [-0.4, -0.2) is 24.3 Å². The number of hydrogen-bond acceptors (Lipinski definition) is 3. The van der Waals surface area contributed by atoms with Gasteiger partial charge in [0.15, 0.2) is 11.5 Å². The van der Waals surface area contributed by atoms with E-state index in [1.807, 2.05) is 18.7 Å². The predicted octanol–water partition coefficient (Wildman–Crippen LogP) is 4.05. The molecule has 1 aliphatic heterocycles. The molecule has 0 bridgehead atoms. The summed E-state index contributed by atoms with van der Waals surface area (Å²) < 4.78 is 49.9. The van der Waals surface area contributed by atoms with Crippen molar-refractivity contribution in [2.75, 3.05) is 13.3 Å². The van der Waals surface area contributed by atoms with Gasteiger partial charge < -0.3 is 9.47 Å². The van der Waals surface area contributed by atoms with E-state index in [4.69, 9.17) is 9.47 Å². The van der Waals surface area contributed by atoms with Gasteiger partial charge in [-0.15, -0.1) is 0 Å². The van der Waals surface area contributed by atoms with E-state index in [1.54, 1.807) is 6.92 Å². The van der Waals surface area contributed by atoms with Gasteiger partial charge in [-0.1, -0.05) is 6.92 Å². The number of hydrogen-bond donors (Lipinski definition) is 0. The Bertz CT molecular complexity index is 502. The van der Waals surface area contributed by atoms with Crippen LogP contribution in [0.2, 0.25) is 0 Å². The molecular weight excluding hydrogens is 283 g/mol. The Balaban J connectivity index is 2.40. The molecule has 0 aliphatic carbocycles. The smallest absolute Gasteiger partial charge is 0.416 e. The van der Waals surface area contributed by atoms with Crippen LogP contribution in [-0.2, 0) is 12.7 Å². The van der Waals surface area contributed by atoms with Crippen molar-refractivity contribution in [3.63, 3.8) is 0 Å². The van der Waals surface area contributed by atoms with Crippen molar-refractivity contribution in [1.82, 2.24) is 4.90 Å². The zero-order valence-electron chi connectivity index (χ0n) is 12.5. The number of ether oxygens (including phenoxy) is 2. The summed E-state index contributed by atoms with van der Waals surface area (Å²) >= 11 is 0. The number of rotatable bonds is 4. The summed E-state index contributed by atoms with van der Waals surface area (Å²) in [5.74, 6) is 0.607. The SMILES string of the molecule is CCOc1cc(C(F)(F)F)cc2c1OCN(C(C)CC)C2. The van der Waals surface area contributed by atoms with Crippen LogP contribution < -0.4 is 9.47 Å². The predicted molar refractivity (Wildman–Crippen MR) is 73.4 cm³/mol. The third-order valence-electron chi connectivity index (χ3n) is 3.72. The molecule has 0 saturated carbocycles. The highest BCUT2D eigenvalue weighted by molar-refractivity contribution is 5.51. The highest BCUT2D eigenvalue weighted by Gasteiger charge is 2.34. The highest BCUT2D eigenvalue weighted by atomic mass is 19.4. The normalized spacial score (nSPS) is 17.0. The highest BCUT2D eigenvalue weighted by Crippen LogP contribution is 2.41. The fourth-order valence-corrected chi connectivity index (χ4v) is 2.32. The Morgan fingerprint density at radius 1 is 1.33 bits per heavy atom. The van der Waals surface area contributed by atoms with Gasteiger partial charge >= 0.3 is 6.18 Å². The van der Waals surface area contributed by atoms with Gasteiger partial charge in [0.1, 0.15) is 6.73 Å². The van der Waals surface area contributed by atoms with Gasteiger partial charge in [0.05, 0.1) is 12.2 Å². The molecule has 1 atom stereocenters. The summed E-state index contributed by atoms with van der Waals surface area (Å²) in [5.41, 5.74) is -0.167. The van der Waals surface area contributed by atoms with Crippen molar-refractivity contribution < 1.29 is 22.6 Å². The molecule has 0 fully saturated rings. The van der Waals surface area contributed by atoms with Crippen LogP contribution in [0.25, 0.3) is 0 Å². The molecule has 1 aromatic carbocycles. The quantitative estimate of drug-likeness (QED) is 0.837. The minimum atomic E-state index is -4.39. The molecule has 1 aliphatic rings. The standard InChI is InChI=1S/C15H20F3NO2/c1-4-10(3)19-8-11-6-12(15(16,17)18)7-13(20-5-2)14(11)21-9-19/h6-7,10H,4-5,8-9H2,1-3H3. The lowest BCUT2D eigenvalue weighted by Crippen LogP contribution is -2.38. The Hall–Kier alpha value is -1.43. The maximum atomic E-state index is 13.0. The molecule has 2 rings (SSSR count). The summed E-state index contributed by atoms with van der Waals surface area (Å²) in [6.45, 7) is 6.91. The Morgan fingerprint density at radius 2 is 2.05 bits per heavy atom. The van der Waals surface area contributed by atoms with Crippen molar-refractivity contribution in [3.05, 3.63) is 23.3 Å². The van der Waals surface area contributed by atoms with Crippen molar-refractivity contribution in [1.29, 1.82) is 0 Å². The second-order valence-electron chi connectivity index (χ2n) is 5.17. The van der Waals surface area contributed by atoms with E-state index in [0.29, 0.717) is 31.2 Å². The van der Waals surface area contributed by atoms with Gasteiger partial charge in [-0.05, 0) is 32.4 Å². The van der Waals surface area contributed by atoms with Crippen LogP contribution in [0, 0.1) is 0 Å². The van der Waals surface area contributed by atoms with Crippen LogP contribution in [0.15, 0.2) is 12.1 Å². The first kappa shape index (κ1) is 15.9. The molecule has 118 valence electrons. The number of nitrogens with zero attached hydrogens (tertiary/aromatic N) is 1. The van der Waals surface area contributed by atoms with Crippen LogP contribution in [0.5, 0.6) is 11.5 Å². The molecule has 3 nitrogen and oxygen atoms in total. The van der Waals surface area contributed by atoms with E-state index in [-0.39, 0.29) is 11.8 Å². The second-order valence-corrected chi connectivity index (χ2v) is 5.17. The van der Waals surface area contributed by atoms with Crippen LogP contribution in [0.4, 0.5) is 13.2 Å². The molecule has 1 heterocycles. The molecule has 0 aromatic heterocycles. The Morgan fingerprint density at radius 3 is 2.62 bits per heavy atom. The average Bonchev–Trinajstić information content (AvgIpc) is 2.45. The molecule has 0 saturated heterocycles. The van der Waals surface area contributed by atoms with E-state index in [9.17, 15) is 13.2 Å². The van der Waals surface area contributed by atoms with Crippen LogP contribution >= 0.6 is 0 Å². The van der Waals surface area contributed by atoms with Gasteiger partial charge in [-0.25, -0.2) is 0 Å². The van der Waals surface area contributed by atoms with E-state index >= 15 is 0 Å². The largest absolute Gasteiger partial charge is 0.490 e. The molecule has 0 spiro atoms. The fourth-order valence-electron chi connectivity index (χ4n) is 2.32. The first-order valence-electron chi connectivity index (χ1n) is 7.10. The zero-order chi connectivity index (χ0) is 15.6. The minimum Gasteiger partial charge on any atom is -0.490 e. The second kappa shape index (κ2) is 6.13. The van der Waals surface area contributed by atoms with Crippen LogP contribution in [0.1, 0.15) is 38.3 Å². The van der Waals surface area contributed by atoms with Gasteiger partial charge in [-0.2, -0.15) is 13.2 Å². The summed E-state index contributed by atoms with van der Waals surface area (Å²) in [5, 5.41) is 0. The molecule has 0 N–H and O–H groups in total. The van der Waals surface area contributed by atoms with Crippen molar-refractivity contribution in [2.24, 2.45) is 0 Å². The number of fused-ring (bicyclic) bond motifs is 1. The first-order valence-corrected chi connectivity index (χ1v) is 7.10. The number of benzene rings is 1. The molecule has 6 heteroatoms. The lowest BCUT2D eigenvalue weighted by molar-refractivity contribution is -0.137. The summed E-state index contributed by atoms with van der Waals surface area (Å²) in [4.78, 5) is 2.01. The van der Waals surface area contributed by atoms with E-state index in [1.165, 1.54) is 0 Å². The van der Waals surface area contributed by atoms with E-state index < -0.39 is 11.7 Å². The van der Waals surface area contributed by atoms with Gasteiger partial charge in [0.2, 0.25) is 0 Å². The Labute approximate surface area is 122 Å². The van der Waals surface area contributed by atoms with Crippen molar-refractivity contribution in [2.45, 2.75) is 46.0 Å². The van der Waals surface area contributed by atoms with Gasteiger partial charge in [0.25, 0.3) is 0 Å². The van der Waals surface area contributed by atoms with Crippen molar-refractivity contribution in [3.8, 4) is 11.5 Å². The Kier molecular flexibility index (Phi) is 4.66. The van der Waals surface area contributed by atoms with Crippen molar-refractivity contribution >= 4 is 0 Å². The third kappa shape index (κ3) is 3.43. The topological polar surface area (TPSA) is 21.7 Å². The minimum absolute atomic E-state index is 0.172. The monoisotopic (exact) mass is 303 g/mol.